The minimum absolute atomic E-state index is 0.00294. The topological polar surface area (TPSA) is 76.1 Å². The van der Waals surface area contributed by atoms with Crippen molar-refractivity contribution < 1.29 is 13.2 Å². The second-order valence-electron chi connectivity index (χ2n) is 6.41. The van der Waals surface area contributed by atoms with Gasteiger partial charge in [0.15, 0.2) is 9.84 Å². The number of thioether (sulfide) groups is 1. The van der Waals surface area contributed by atoms with Crippen molar-refractivity contribution in [1.29, 1.82) is 0 Å². The summed E-state index contributed by atoms with van der Waals surface area (Å²) in [5.41, 5.74) is 1.62. The van der Waals surface area contributed by atoms with E-state index in [-0.39, 0.29) is 11.7 Å². The van der Waals surface area contributed by atoms with E-state index < -0.39 is 9.84 Å². The Morgan fingerprint density at radius 2 is 1.83 bits per heavy atom. The van der Waals surface area contributed by atoms with Crippen molar-refractivity contribution in [3.05, 3.63) is 76.2 Å². The van der Waals surface area contributed by atoms with Crippen LogP contribution in [-0.4, -0.2) is 31.6 Å². The van der Waals surface area contributed by atoms with E-state index in [4.69, 9.17) is 0 Å². The number of nitrogens with one attached hydrogen (secondary N) is 1. The number of hydrogen-bond acceptors (Lipinski definition) is 6. The zero-order chi connectivity index (χ0) is 20.7. The Labute approximate surface area is 179 Å². The zero-order valence-electron chi connectivity index (χ0n) is 16.0. The van der Waals surface area contributed by atoms with Gasteiger partial charge in [0.25, 0.3) is 5.91 Å². The summed E-state index contributed by atoms with van der Waals surface area (Å²) in [6, 6.07) is 15.8. The molecule has 0 aliphatic carbocycles. The highest BCUT2D eigenvalue weighted by atomic mass is 32.2. The first kappa shape index (κ1) is 21.5. The van der Waals surface area contributed by atoms with Crippen LogP contribution in [0.1, 0.15) is 27.5 Å². The third kappa shape index (κ3) is 6.42. The number of rotatable bonds is 9. The average molecular weight is 447 g/mol. The number of carbonyl (C=O) groups is 1. The van der Waals surface area contributed by atoms with Crippen molar-refractivity contribution in [1.82, 2.24) is 10.3 Å². The van der Waals surface area contributed by atoms with Crippen LogP contribution in [0.25, 0.3) is 0 Å². The molecule has 0 unspecified atom stereocenters. The molecule has 1 aromatic heterocycles. The predicted molar refractivity (Wildman–Crippen MR) is 118 cm³/mol. The summed E-state index contributed by atoms with van der Waals surface area (Å²) >= 11 is 3.32. The van der Waals surface area contributed by atoms with Crippen molar-refractivity contribution >= 4 is 38.8 Å². The van der Waals surface area contributed by atoms with E-state index >= 15 is 0 Å². The van der Waals surface area contributed by atoms with Crippen LogP contribution in [-0.2, 0) is 15.6 Å². The smallest absolute Gasteiger partial charge is 0.251 e. The molecule has 0 aliphatic heterocycles. The number of carbonyl (C=O) groups excluding carboxylic acids is 1. The molecule has 0 radical (unpaired) electrons. The first-order valence-electron chi connectivity index (χ1n) is 9.14. The van der Waals surface area contributed by atoms with Gasteiger partial charge in [0.05, 0.1) is 21.3 Å². The van der Waals surface area contributed by atoms with Gasteiger partial charge in [-0.3, -0.25) is 4.79 Å². The second kappa shape index (κ2) is 10.0. The van der Waals surface area contributed by atoms with Gasteiger partial charge >= 0.3 is 0 Å². The third-order valence-electron chi connectivity index (χ3n) is 4.15. The van der Waals surface area contributed by atoms with Gasteiger partial charge in [-0.25, -0.2) is 13.4 Å². The molecule has 8 heteroatoms. The van der Waals surface area contributed by atoms with Gasteiger partial charge in [0.1, 0.15) is 0 Å². The lowest BCUT2D eigenvalue weighted by atomic mass is 10.2. The monoisotopic (exact) mass is 446 g/mol. The van der Waals surface area contributed by atoms with Crippen LogP contribution in [0.3, 0.4) is 0 Å². The maximum Gasteiger partial charge on any atom is 0.251 e. The summed E-state index contributed by atoms with van der Waals surface area (Å²) in [5.74, 6) is 0.600. The van der Waals surface area contributed by atoms with E-state index in [9.17, 15) is 13.2 Å². The first-order chi connectivity index (χ1) is 13.9. The molecule has 0 atom stereocenters. The van der Waals surface area contributed by atoms with Crippen molar-refractivity contribution in [3.63, 3.8) is 0 Å². The lowest BCUT2D eigenvalue weighted by Gasteiger charge is -2.07. The van der Waals surface area contributed by atoms with Gasteiger partial charge in [0, 0.05) is 28.1 Å². The highest BCUT2D eigenvalue weighted by molar-refractivity contribution is 7.98. The molecule has 3 rings (SSSR count). The molecule has 1 N–H and O–H groups in total. The van der Waals surface area contributed by atoms with Gasteiger partial charge in [-0.1, -0.05) is 18.2 Å². The van der Waals surface area contributed by atoms with Crippen LogP contribution in [0.5, 0.6) is 0 Å². The molecule has 3 aromatic rings. The Morgan fingerprint density at radius 1 is 1.10 bits per heavy atom. The number of amides is 1. The van der Waals surface area contributed by atoms with Gasteiger partial charge < -0.3 is 5.32 Å². The second-order valence-corrected chi connectivity index (χ2v) is 10.6. The Morgan fingerprint density at radius 3 is 2.48 bits per heavy atom. The van der Waals surface area contributed by atoms with Crippen LogP contribution in [0.15, 0.2) is 69.8 Å². The molecule has 152 valence electrons. The summed E-state index contributed by atoms with van der Waals surface area (Å²) in [6.45, 7) is 2.30. The summed E-state index contributed by atoms with van der Waals surface area (Å²) in [5, 5.41) is 5.90. The van der Waals surface area contributed by atoms with Gasteiger partial charge in [-0.2, -0.15) is 0 Å². The van der Waals surface area contributed by atoms with E-state index in [1.54, 1.807) is 65.6 Å². The van der Waals surface area contributed by atoms with E-state index in [0.29, 0.717) is 23.4 Å². The van der Waals surface area contributed by atoms with Crippen LogP contribution in [0.4, 0.5) is 0 Å². The summed E-state index contributed by atoms with van der Waals surface area (Å²) < 4.78 is 24.5. The van der Waals surface area contributed by atoms with E-state index in [1.807, 2.05) is 19.1 Å². The van der Waals surface area contributed by atoms with Crippen molar-refractivity contribution in [2.45, 2.75) is 28.9 Å². The molecule has 1 amide bonds. The van der Waals surface area contributed by atoms with E-state index in [0.717, 1.165) is 21.3 Å². The molecule has 0 fully saturated rings. The number of hydrogen-bond donors (Lipinski definition) is 1. The van der Waals surface area contributed by atoms with Crippen LogP contribution >= 0.6 is 23.1 Å². The van der Waals surface area contributed by atoms with Gasteiger partial charge in [-0.15, -0.1) is 23.1 Å². The molecule has 1 heterocycles. The first-order valence-corrected chi connectivity index (χ1v) is 12.7. The molecular weight excluding hydrogens is 424 g/mol. The molecule has 5 nitrogen and oxygen atoms in total. The lowest BCUT2D eigenvalue weighted by molar-refractivity contribution is 0.0953. The maximum absolute atomic E-state index is 12.3. The highest BCUT2D eigenvalue weighted by Gasteiger charge is 2.13. The summed E-state index contributed by atoms with van der Waals surface area (Å²) in [7, 11) is -3.31. The number of thiazole rings is 1. The number of sulfone groups is 1. The SMILES string of the molecule is Cc1nc(CSc2ccc(C(=O)NCCCS(=O)(=O)c3ccccc3)cc2)cs1. The summed E-state index contributed by atoms with van der Waals surface area (Å²) in [6.07, 6.45) is 0.365. The van der Waals surface area contributed by atoms with Crippen molar-refractivity contribution in [2.24, 2.45) is 0 Å². The lowest BCUT2D eigenvalue weighted by Crippen LogP contribution is -2.26. The number of nitrogens with zero attached hydrogens (tertiary/aromatic N) is 1. The number of aromatic nitrogens is 1. The van der Waals surface area contributed by atoms with Gasteiger partial charge in [0.2, 0.25) is 0 Å². The fourth-order valence-corrected chi connectivity index (χ4v) is 5.49. The fourth-order valence-electron chi connectivity index (χ4n) is 2.65. The zero-order valence-corrected chi connectivity index (χ0v) is 18.4. The molecule has 0 spiro atoms. The van der Waals surface area contributed by atoms with Crippen LogP contribution < -0.4 is 5.32 Å². The molecule has 0 bridgehead atoms. The largest absolute Gasteiger partial charge is 0.352 e. The van der Waals surface area contributed by atoms with Gasteiger partial charge in [-0.05, 0) is 49.7 Å². The fraction of sp³-hybridized carbons (Fsp3) is 0.238. The molecule has 0 aliphatic rings. The Balaban J connectivity index is 1.43. The van der Waals surface area contributed by atoms with E-state index in [2.05, 4.69) is 15.7 Å². The number of aryl methyl sites for hydroxylation is 1. The molecule has 2 aromatic carbocycles. The highest BCUT2D eigenvalue weighted by Crippen LogP contribution is 2.23. The molecule has 29 heavy (non-hydrogen) atoms. The van der Waals surface area contributed by atoms with Crippen molar-refractivity contribution in [2.75, 3.05) is 12.3 Å². The standard InChI is InChI=1S/C21H22N2O3S3/c1-16-23-18(14-27-16)15-28-19-10-8-17(9-11-19)21(24)22-12-5-13-29(25,26)20-6-3-2-4-7-20/h2-4,6-11,14H,5,12-13,15H2,1H3,(H,22,24). The molecular formula is C21H22N2O3S3. The molecule has 0 saturated heterocycles. The maximum atomic E-state index is 12.3. The summed E-state index contributed by atoms with van der Waals surface area (Å²) in [4.78, 5) is 18.1. The average Bonchev–Trinajstić information content (AvgIpc) is 3.16. The Bertz CT molecular complexity index is 1050. The molecule has 0 saturated carbocycles. The van der Waals surface area contributed by atoms with Crippen LogP contribution in [0, 0.1) is 6.92 Å². The number of benzene rings is 2. The van der Waals surface area contributed by atoms with Crippen molar-refractivity contribution in [3.8, 4) is 0 Å². The predicted octanol–water partition coefficient (Wildman–Crippen LogP) is 4.34. The minimum atomic E-state index is -3.31. The quantitative estimate of drug-likeness (QED) is 0.391. The third-order valence-corrected chi connectivity index (χ3v) is 7.83. The van der Waals surface area contributed by atoms with Crippen LogP contribution in [0.2, 0.25) is 0 Å². The Hall–Kier alpha value is -2.16. The Kier molecular flexibility index (Phi) is 7.46. The van der Waals surface area contributed by atoms with E-state index in [1.165, 1.54) is 0 Å². The normalized spacial score (nSPS) is 11.3. The minimum Gasteiger partial charge on any atom is -0.352 e.